The third kappa shape index (κ3) is 5.23. The molecule has 1 fully saturated rings. The van der Waals surface area contributed by atoms with Crippen molar-refractivity contribution in [3.05, 3.63) is 35.4 Å². The lowest BCUT2D eigenvalue weighted by atomic mass is 9.88. The van der Waals surface area contributed by atoms with Crippen LogP contribution in [-0.4, -0.2) is 19.2 Å². The van der Waals surface area contributed by atoms with E-state index in [2.05, 4.69) is 0 Å². The Morgan fingerprint density at radius 3 is 2.87 bits per heavy atom. The van der Waals surface area contributed by atoms with E-state index < -0.39 is 11.7 Å². The van der Waals surface area contributed by atoms with Crippen molar-refractivity contribution in [1.29, 1.82) is 0 Å². The highest BCUT2D eigenvalue weighted by Crippen LogP contribution is 2.36. The van der Waals surface area contributed by atoms with E-state index in [1.807, 2.05) is 0 Å². The summed E-state index contributed by atoms with van der Waals surface area (Å²) in [5.41, 5.74) is -0.118. The fourth-order valence-corrected chi connectivity index (χ4v) is 2.83. The minimum absolute atomic E-state index is 0.227. The average molecular weight is 330 g/mol. The van der Waals surface area contributed by atoms with Gasteiger partial charge in [-0.2, -0.15) is 13.2 Å². The Balaban J connectivity index is 1.97. The first kappa shape index (κ1) is 17.8. The van der Waals surface area contributed by atoms with Crippen LogP contribution in [0.3, 0.4) is 0 Å². The van der Waals surface area contributed by atoms with Crippen LogP contribution in [-0.2, 0) is 20.4 Å². The van der Waals surface area contributed by atoms with Crippen LogP contribution in [0.1, 0.15) is 49.8 Å². The van der Waals surface area contributed by atoms with Gasteiger partial charge in [-0.25, -0.2) is 0 Å². The molecule has 0 aromatic heterocycles. The Morgan fingerprint density at radius 1 is 1.39 bits per heavy atom. The third-order valence-electron chi connectivity index (χ3n) is 4.04. The third-order valence-corrected chi connectivity index (χ3v) is 4.04. The topological polar surface area (TPSA) is 35.5 Å². The lowest BCUT2D eigenvalue weighted by Gasteiger charge is -2.30. The zero-order valence-corrected chi connectivity index (χ0v) is 13.1. The second-order valence-electron chi connectivity index (χ2n) is 5.72. The molecule has 0 N–H and O–H groups in total. The SMILES string of the molecule is CCOC(=O)CCC1CCOC(c2cccc(C(F)(F)F)c2)C1. The average Bonchev–Trinajstić information content (AvgIpc) is 2.53. The summed E-state index contributed by atoms with van der Waals surface area (Å²) < 4.78 is 48.9. The molecule has 2 atom stereocenters. The number of halogens is 3. The molecule has 2 rings (SSSR count). The van der Waals surface area contributed by atoms with Gasteiger partial charge in [-0.15, -0.1) is 0 Å². The molecule has 0 bridgehead atoms. The Bertz CT molecular complexity index is 528. The monoisotopic (exact) mass is 330 g/mol. The molecule has 128 valence electrons. The smallest absolute Gasteiger partial charge is 0.416 e. The number of hydrogen-bond donors (Lipinski definition) is 0. The fraction of sp³-hybridized carbons (Fsp3) is 0.588. The lowest BCUT2D eigenvalue weighted by Crippen LogP contribution is -2.21. The van der Waals surface area contributed by atoms with Crippen molar-refractivity contribution in [2.75, 3.05) is 13.2 Å². The first-order valence-electron chi connectivity index (χ1n) is 7.84. The highest BCUT2D eigenvalue weighted by Gasteiger charge is 2.32. The van der Waals surface area contributed by atoms with Crippen molar-refractivity contribution in [1.82, 2.24) is 0 Å². The summed E-state index contributed by atoms with van der Waals surface area (Å²) in [4.78, 5) is 11.4. The largest absolute Gasteiger partial charge is 0.466 e. The van der Waals surface area contributed by atoms with Gasteiger partial charge in [-0.3, -0.25) is 4.79 Å². The second-order valence-corrected chi connectivity index (χ2v) is 5.72. The van der Waals surface area contributed by atoms with E-state index in [0.29, 0.717) is 38.0 Å². The van der Waals surface area contributed by atoms with Crippen LogP contribution < -0.4 is 0 Å². The zero-order valence-electron chi connectivity index (χ0n) is 13.1. The zero-order chi connectivity index (χ0) is 16.9. The number of rotatable bonds is 5. The summed E-state index contributed by atoms with van der Waals surface area (Å²) in [7, 11) is 0. The van der Waals surface area contributed by atoms with E-state index in [9.17, 15) is 18.0 Å². The van der Waals surface area contributed by atoms with Crippen LogP contribution in [0.2, 0.25) is 0 Å². The predicted molar refractivity (Wildman–Crippen MR) is 78.7 cm³/mol. The van der Waals surface area contributed by atoms with Gasteiger partial charge >= 0.3 is 12.1 Å². The molecule has 0 aliphatic carbocycles. The summed E-state index contributed by atoms with van der Waals surface area (Å²) in [5, 5.41) is 0. The summed E-state index contributed by atoms with van der Waals surface area (Å²) in [6, 6.07) is 5.28. The molecule has 0 spiro atoms. The molecule has 23 heavy (non-hydrogen) atoms. The molecule has 0 saturated carbocycles. The van der Waals surface area contributed by atoms with Gasteiger partial charge < -0.3 is 9.47 Å². The van der Waals surface area contributed by atoms with E-state index in [1.165, 1.54) is 6.07 Å². The lowest BCUT2D eigenvalue weighted by molar-refractivity contribution is -0.144. The normalized spacial score (nSPS) is 21.9. The Morgan fingerprint density at radius 2 is 2.17 bits per heavy atom. The molecule has 1 aliphatic heterocycles. The molecule has 1 heterocycles. The van der Waals surface area contributed by atoms with Crippen molar-refractivity contribution in [3.8, 4) is 0 Å². The molecule has 1 aliphatic rings. The molecule has 0 amide bonds. The quantitative estimate of drug-likeness (QED) is 0.745. The van der Waals surface area contributed by atoms with Gasteiger partial charge in [-0.1, -0.05) is 12.1 Å². The summed E-state index contributed by atoms with van der Waals surface area (Å²) >= 11 is 0. The maximum atomic E-state index is 12.8. The number of esters is 1. The number of benzene rings is 1. The Kier molecular flexibility index (Phi) is 6.04. The van der Waals surface area contributed by atoms with Gasteiger partial charge in [0.1, 0.15) is 0 Å². The molecular weight excluding hydrogens is 309 g/mol. The van der Waals surface area contributed by atoms with Crippen LogP contribution in [0.25, 0.3) is 0 Å². The van der Waals surface area contributed by atoms with Crippen molar-refractivity contribution < 1.29 is 27.4 Å². The molecule has 1 aromatic carbocycles. The van der Waals surface area contributed by atoms with Gasteiger partial charge in [0.2, 0.25) is 0 Å². The van der Waals surface area contributed by atoms with Gasteiger partial charge in [0.25, 0.3) is 0 Å². The first-order chi connectivity index (χ1) is 10.9. The fourth-order valence-electron chi connectivity index (χ4n) is 2.83. The van der Waals surface area contributed by atoms with Crippen molar-refractivity contribution in [2.24, 2.45) is 5.92 Å². The predicted octanol–water partition coefficient (Wildman–Crippen LogP) is 4.52. The van der Waals surface area contributed by atoms with Crippen LogP contribution >= 0.6 is 0 Å². The molecule has 0 radical (unpaired) electrons. The van der Waals surface area contributed by atoms with Gasteiger partial charge in [0.05, 0.1) is 18.3 Å². The number of ether oxygens (including phenoxy) is 2. The molecule has 1 saturated heterocycles. The van der Waals surface area contributed by atoms with Crippen LogP contribution in [0, 0.1) is 5.92 Å². The molecular formula is C17H21F3O3. The van der Waals surface area contributed by atoms with E-state index in [4.69, 9.17) is 9.47 Å². The maximum Gasteiger partial charge on any atom is 0.416 e. The highest BCUT2D eigenvalue weighted by molar-refractivity contribution is 5.69. The highest BCUT2D eigenvalue weighted by atomic mass is 19.4. The number of carbonyl (C=O) groups excluding carboxylic acids is 1. The van der Waals surface area contributed by atoms with E-state index in [-0.39, 0.29) is 18.0 Å². The van der Waals surface area contributed by atoms with Gasteiger partial charge in [0.15, 0.2) is 0 Å². The standard InChI is InChI=1S/C17H21F3O3/c1-2-22-16(21)7-6-12-8-9-23-15(10-12)13-4-3-5-14(11-13)17(18,19)20/h3-5,11-12,15H,2,6-10H2,1H3. The second kappa shape index (κ2) is 7.81. The number of alkyl halides is 3. The first-order valence-corrected chi connectivity index (χ1v) is 7.84. The van der Waals surface area contributed by atoms with Gasteiger partial charge in [-0.05, 0) is 49.8 Å². The van der Waals surface area contributed by atoms with Crippen LogP contribution in [0.5, 0.6) is 0 Å². The van der Waals surface area contributed by atoms with Crippen molar-refractivity contribution in [3.63, 3.8) is 0 Å². The van der Waals surface area contributed by atoms with Crippen LogP contribution in [0.4, 0.5) is 13.2 Å². The summed E-state index contributed by atoms with van der Waals surface area (Å²) in [5.74, 6) is 0.0299. The minimum atomic E-state index is -4.35. The van der Waals surface area contributed by atoms with E-state index >= 15 is 0 Å². The van der Waals surface area contributed by atoms with E-state index in [0.717, 1.165) is 18.6 Å². The maximum absolute atomic E-state index is 12.8. The number of carbonyl (C=O) groups is 1. The van der Waals surface area contributed by atoms with Gasteiger partial charge in [0, 0.05) is 13.0 Å². The van der Waals surface area contributed by atoms with Crippen LogP contribution in [0.15, 0.2) is 24.3 Å². The molecule has 3 nitrogen and oxygen atoms in total. The Hall–Kier alpha value is -1.56. The Labute approximate surface area is 133 Å². The molecule has 1 aromatic rings. The molecule has 2 unspecified atom stereocenters. The number of hydrogen-bond acceptors (Lipinski definition) is 3. The van der Waals surface area contributed by atoms with Crippen molar-refractivity contribution >= 4 is 5.97 Å². The summed E-state index contributed by atoms with van der Waals surface area (Å²) in [6.07, 6.45) is -2.24. The van der Waals surface area contributed by atoms with E-state index in [1.54, 1.807) is 13.0 Å². The minimum Gasteiger partial charge on any atom is -0.466 e. The summed E-state index contributed by atoms with van der Waals surface area (Å²) in [6.45, 7) is 2.61. The van der Waals surface area contributed by atoms with Crippen molar-refractivity contribution in [2.45, 2.75) is 44.9 Å². The molecule has 6 heteroatoms.